The van der Waals surface area contributed by atoms with E-state index < -0.39 is 11.5 Å². The lowest BCUT2D eigenvalue weighted by molar-refractivity contribution is -0.127. The average molecular weight is 348 g/mol. The van der Waals surface area contributed by atoms with Crippen molar-refractivity contribution in [2.75, 3.05) is 24.8 Å². The number of ether oxygens (including phenoxy) is 2. The summed E-state index contributed by atoms with van der Waals surface area (Å²) in [4.78, 5) is 26.3. The van der Waals surface area contributed by atoms with E-state index in [1.54, 1.807) is 30.0 Å². The Labute approximate surface area is 146 Å². The summed E-state index contributed by atoms with van der Waals surface area (Å²) < 4.78 is 10.6. The molecule has 2 aliphatic heterocycles. The first-order valence-electron chi connectivity index (χ1n) is 8.60. The standard InChI is InChI=1S/C18H24N2O5/c1-3-6-18(2,23)10-19-17(22)12-7-16(21)20(9-12)13-4-5-14-15(8-13)25-11-24-14/h4-5,8,12,23H,3,6-7,9-11H2,1-2H3,(H,19,22)/t12-,18-/m1/s1. The molecule has 0 bridgehead atoms. The highest BCUT2D eigenvalue weighted by molar-refractivity contribution is 6.00. The molecular formula is C18H24N2O5. The van der Waals surface area contributed by atoms with Gasteiger partial charge < -0.3 is 24.8 Å². The minimum atomic E-state index is -0.927. The molecule has 1 saturated heterocycles. The molecule has 136 valence electrons. The van der Waals surface area contributed by atoms with Crippen molar-refractivity contribution >= 4 is 17.5 Å². The van der Waals surface area contributed by atoms with Crippen molar-refractivity contribution in [2.24, 2.45) is 5.92 Å². The summed E-state index contributed by atoms with van der Waals surface area (Å²) in [7, 11) is 0. The number of anilines is 1. The van der Waals surface area contributed by atoms with E-state index in [0.29, 0.717) is 30.2 Å². The highest BCUT2D eigenvalue weighted by Gasteiger charge is 2.36. The van der Waals surface area contributed by atoms with E-state index in [4.69, 9.17) is 9.47 Å². The van der Waals surface area contributed by atoms with Gasteiger partial charge in [0.15, 0.2) is 11.5 Å². The van der Waals surface area contributed by atoms with Crippen LogP contribution in [-0.4, -0.2) is 42.4 Å². The van der Waals surface area contributed by atoms with Crippen LogP contribution >= 0.6 is 0 Å². The summed E-state index contributed by atoms with van der Waals surface area (Å²) in [6.45, 7) is 4.37. The maximum atomic E-state index is 12.4. The quantitative estimate of drug-likeness (QED) is 0.812. The van der Waals surface area contributed by atoms with Crippen LogP contribution in [0.4, 0.5) is 5.69 Å². The van der Waals surface area contributed by atoms with E-state index in [0.717, 1.165) is 6.42 Å². The fourth-order valence-corrected chi connectivity index (χ4v) is 3.23. The third-order valence-corrected chi connectivity index (χ3v) is 4.60. The summed E-state index contributed by atoms with van der Waals surface area (Å²) in [5.41, 5.74) is -0.230. The molecule has 0 radical (unpaired) electrons. The monoisotopic (exact) mass is 348 g/mol. The Kier molecular flexibility index (Phi) is 4.85. The van der Waals surface area contributed by atoms with Crippen LogP contribution in [0.3, 0.4) is 0 Å². The van der Waals surface area contributed by atoms with Crippen LogP contribution in [0.2, 0.25) is 0 Å². The molecule has 1 aromatic carbocycles. The second-order valence-electron chi connectivity index (χ2n) is 6.91. The zero-order chi connectivity index (χ0) is 18.0. The van der Waals surface area contributed by atoms with Crippen molar-refractivity contribution < 1.29 is 24.2 Å². The van der Waals surface area contributed by atoms with Gasteiger partial charge in [-0.25, -0.2) is 0 Å². The summed E-state index contributed by atoms with van der Waals surface area (Å²) in [5, 5.41) is 12.9. The van der Waals surface area contributed by atoms with Gasteiger partial charge in [-0.15, -0.1) is 0 Å². The van der Waals surface area contributed by atoms with Crippen LogP contribution in [0.25, 0.3) is 0 Å². The number of nitrogens with one attached hydrogen (secondary N) is 1. The minimum Gasteiger partial charge on any atom is -0.454 e. The lowest BCUT2D eigenvalue weighted by Crippen LogP contribution is -2.43. The maximum Gasteiger partial charge on any atom is 0.231 e. The lowest BCUT2D eigenvalue weighted by atomic mass is 10.00. The second kappa shape index (κ2) is 6.92. The Balaban J connectivity index is 1.61. The van der Waals surface area contributed by atoms with Gasteiger partial charge in [0.1, 0.15) is 0 Å². The molecule has 0 unspecified atom stereocenters. The first-order chi connectivity index (χ1) is 11.9. The molecule has 25 heavy (non-hydrogen) atoms. The zero-order valence-electron chi connectivity index (χ0n) is 14.6. The number of hydrogen-bond donors (Lipinski definition) is 2. The van der Waals surface area contributed by atoms with Gasteiger partial charge in [-0.1, -0.05) is 13.3 Å². The Morgan fingerprint density at radius 3 is 2.92 bits per heavy atom. The summed E-state index contributed by atoms with van der Waals surface area (Å²) in [6.07, 6.45) is 1.61. The molecule has 1 aromatic rings. The van der Waals surface area contributed by atoms with Gasteiger partial charge in [0, 0.05) is 31.3 Å². The largest absolute Gasteiger partial charge is 0.454 e. The van der Waals surface area contributed by atoms with E-state index in [1.807, 2.05) is 6.92 Å². The fraction of sp³-hybridized carbons (Fsp3) is 0.556. The Morgan fingerprint density at radius 1 is 1.40 bits per heavy atom. The third kappa shape index (κ3) is 3.87. The number of amides is 2. The zero-order valence-corrected chi connectivity index (χ0v) is 14.6. The summed E-state index contributed by atoms with van der Waals surface area (Å²) in [5.74, 6) is 0.541. The van der Waals surface area contributed by atoms with E-state index in [2.05, 4.69) is 5.32 Å². The topological polar surface area (TPSA) is 88.1 Å². The first kappa shape index (κ1) is 17.5. The van der Waals surface area contributed by atoms with Crippen molar-refractivity contribution in [3.05, 3.63) is 18.2 Å². The number of carbonyl (C=O) groups is 2. The molecule has 2 aliphatic rings. The normalized spacial score (nSPS) is 21.3. The number of hydrogen-bond acceptors (Lipinski definition) is 5. The summed E-state index contributed by atoms with van der Waals surface area (Å²) in [6, 6.07) is 5.31. The highest BCUT2D eigenvalue weighted by atomic mass is 16.7. The van der Waals surface area contributed by atoms with Crippen LogP contribution in [0, 0.1) is 5.92 Å². The molecule has 2 heterocycles. The minimum absolute atomic E-state index is 0.0978. The number of fused-ring (bicyclic) bond motifs is 1. The Hall–Kier alpha value is -2.28. The predicted molar refractivity (Wildman–Crippen MR) is 91.6 cm³/mol. The van der Waals surface area contributed by atoms with E-state index in [9.17, 15) is 14.7 Å². The number of nitrogens with zero attached hydrogens (tertiary/aromatic N) is 1. The first-order valence-corrected chi connectivity index (χ1v) is 8.60. The molecule has 0 saturated carbocycles. The van der Waals surface area contributed by atoms with Gasteiger partial charge in [-0.2, -0.15) is 0 Å². The van der Waals surface area contributed by atoms with E-state index in [1.165, 1.54) is 0 Å². The fourth-order valence-electron chi connectivity index (χ4n) is 3.23. The van der Waals surface area contributed by atoms with Crippen molar-refractivity contribution in [3.63, 3.8) is 0 Å². The Bertz CT molecular complexity index is 673. The van der Waals surface area contributed by atoms with Crippen molar-refractivity contribution in [3.8, 4) is 11.5 Å². The molecule has 1 fully saturated rings. The van der Waals surface area contributed by atoms with Gasteiger partial charge >= 0.3 is 0 Å². The molecule has 0 aromatic heterocycles. The number of rotatable bonds is 6. The lowest BCUT2D eigenvalue weighted by Gasteiger charge is -2.24. The van der Waals surface area contributed by atoms with Crippen molar-refractivity contribution in [1.29, 1.82) is 0 Å². The molecule has 7 nitrogen and oxygen atoms in total. The summed E-state index contributed by atoms with van der Waals surface area (Å²) >= 11 is 0. The average Bonchev–Trinajstić information content (AvgIpc) is 3.18. The van der Waals surface area contributed by atoms with E-state index in [-0.39, 0.29) is 31.6 Å². The molecule has 2 atom stereocenters. The second-order valence-corrected chi connectivity index (χ2v) is 6.91. The molecule has 2 N–H and O–H groups in total. The molecule has 0 spiro atoms. The van der Waals surface area contributed by atoms with Gasteiger partial charge in [0.25, 0.3) is 0 Å². The maximum absolute atomic E-state index is 12.4. The van der Waals surface area contributed by atoms with Crippen LogP contribution in [0.15, 0.2) is 18.2 Å². The van der Waals surface area contributed by atoms with Gasteiger partial charge in [0.05, 0.1) is 11.5 Å². The van der Waals surface area contributed by atoms with Crippen LogP contribution < -0.4 is 19.7 Å². The number of benzene rings is 1. The molecule has 7 heteroatoms. The molecule has 2 amide bonds. The predicted octanol–water partition coefficient (Wildman–Crippen LogP) is 1.44. The number of carbonyl (C=O) groups excluding carboxylic acids is 2. The van der Waals surface area contributed by atoms with Crippen molar-refractivity contribution in [1.82, 2.24) is 5.32 Å². The highest BCUT2D eigenvalue weighted by Crippen LogP contribution is 2.37. The number of aliphatic hydroxyl groups is 1. The Morgan fingerprint density at radius 2 is 2.16 bits per heavy atom. The van der Waals surface area contributed by atoms with Crippen LogP contribution in [0.1, 0.15) is 33.1 Å². The molecule has 0 aliphatic carbocycles. The van der Waals surface area contributed by atoms with E-state index >= 15 is 0 Å². The van der Waals surface area contributed by atoms with Crippen LogP contribution in [0.5, 0.6) is 11.5 Å². The smallest absolute Gasteiger partial charge is 0.231 e. The van der Waals surface area contributed by atoms with Gasteiger partial charge in [-0.3, -0.25) is 9.59 Å². The van der Waals surface area contributed by atoms with Gasteiger partial charge in [0.2, 0.25) is 18.6 Å². The molecule has 3 rings (SSSR count). The van der Waals surface area contributed by atoms with Crippen LogP contribution in [-0.2, 0) is 9.59 Å². The van der Waals surface area contributed by atoms with Crippen molar-refractivity contribution in [2.45, 2.75) is 38.7 Å². The molecular weight excluding hydrogens is 324 g/mol. The third-order valence-electron chi connectivity index (χ3n) is 4.60. The SMILES string of the molecule is CCC[C@@](C)(O)CNC(=O)[C@@H]1CC(=O)N(c2ccc3c(c2)OCO3)C1. The van der Waals surface area contributed by atoms with Gasteiger partial charge in [-0.05, 0) is 25.5 Å².